The largest absolute Gasteiger partial charge is 0.248 e. The Morgan fingerprint density at radius 1 is 1.91 bits per heavy atom. The van der Waals surface area contributed by atoms with E-state index in [0.29, 0.717) is 5.03 Å². The van der Waals surface area contributed by atoms with Crippen molar-refractivity contribution >= 4 is 34.0 Å². The highest BCUT2D eigenvalue weighted by Gasteiger charge is 2.13. The predicted octanol–water partition coefficient (Wildman–Crippen LogP) is 2.77. The molecule has 0 saturated heterocycles. The minimum absolute atomic E-state index is 0.659. The fourth-order valence-corrected chi connectivity index (χ4v) is 1.56. The van der Waals surface area contributed by atoms with Crippen LogP contribution >= 0.6 is 23.4 Å². The van der Waals surface area contributed by atoms with Crippen molar-refractivity contribution in [2.75, 3.05) is 0 Å². The molecule has 1 aliphatic rings. The lowest BCUT2D eigenvalue weighted by Crippen LogP contribution is -1.89. The maximum absolute atomic E-state index is 5.75. The number of hydrogen-bond acceptors (Lipinski definition) is 3. The molecular formula is C7H7ClN2S. The van der Waals surface area contributed by atoms with Gasteiger partial charge in [-0.15, -0.1) is 0 Å². The number of halogens is 1. The lowest BCUT2D eigenvalue weighted by molar-refractivity contribution is 1.42. The summed E-state index contributed by atoms with van der Waals surface area (Å²) in [5, 5.41) is 1.47. The molecule has 0 unspecified atom stereocenters. The van der Waals surface area contributed by atoms with Gasteiger partial charge in [-0.3, -0.25) is 0 Å². The van der Waals surface area contributed by atoms with Crippen molar-refractivity contribution in [2.24, 2.45) is 9.98 Å². The minimum Gasteiger partial charge on any atom is -0.248 e. The lowest BCUT2D eigenvalue weighted by Gasteiger charge is -1.94. The third-order valence-electron chi connectivity index (χ3n) is 1.08. The van der Waals surface area contributed by atoms with E-state index in [1.54, 1.807) is 12.5 Å². The summed E-state index contributed by atoms with van der Waals surface area (Å²) in [6, 6.07) is 0. The molecule has 0 saturated carbocycles. The molecule has 0 amide bonds. The first-order valence-corrected chi connectivity index (χ1v) is 4.26. The van der Waals surface area contributed by atoms with Crippen LogP contribution in [0.5, 0.6) is 0 Å². The maximum atomic E-state index is 5.75. The smallest absolute Gasteiger partial charge is 0.128 e. The van der Waals surface area contributed by atoms with Gasteiger partial charge >= 0.3 is 0 Å². The summed E-state index contributed by atoms with van der Waals surface area (Å²) >= 11 is 7.20. The van der Waals surface area contributed by atoms with E-state index in [1.165, 1.54) is 18.0 Å². The topological polar surface area (TPSA) is 24.7 Å². The second kappa shape index (κ2) is 3.74. The second-order valence-corrected chi connectivity index (χ2v) is 3.25. The van der Waals surface area contributed by atoms with Gasteiger partial charge in [-0.25, -0.2) is 9.98 Å². The monoisotopic (exact) mass is 186 g/mol. The van der Waals surface area contributed by atoms with Crippen molar-refractivity contribution < 1.29 is 0 Å². The van der Waals surface area contributed by atoms with Crippen LogP contribution < -0.4 is 0 Å². The second-order valence-electron chi connectivity index (χ2n) is 1.85. The molecule has 0 spiro atoms. The summed E-state index contributed by atoms with van der Waals surface area (Å²) < 4.78 is 0. The Morgan fingerprint density at radius 2 is 2.64 bits per heavy atom. The number of allylic oxidation sites excluding steroid dienone is 1. The van der Waals surface area contributed by atoms with Crippen LogP contribution in [-0.2, 0) is 0 Å². The highest BCUT2D eigenvalue weighted by atomic mass is 35.5. The van der Waals surface area contributed by atoms with Gasteiger partial charge in [-0.1, -0.05) is 29.9 Å². The minimum atomic E-state index is 0.659. The number of thioether (sulfide) groups is 1. The molecule has 1 rings (SSSR count). The molecule has 0 aromatic heterocycles. The zero-order valence-corrected chi connectivity index (χ0v) is 7.61. The van der Waals surface area contributed by atoms with Gasteiger partial charge in [-0.05, 0) is 6.92 Å². The van der Waals surface area contributed by atoms with Gasteiger partial charge in [0.2, 0.25) is 0 Å². The molecule has 4 heteroatoms. The Bertz CT molecular complexity index is 262. The summed E-state index contributed by atoms with van der Waals surface area (Å²) in [6.45, 7) is 5.29. The van der Waals surface area contributed by atoms with E-state index in [4.69, 9.17) is 11.6 Å². The lowest BCUT2D eigenvalue weighted by atomic mass is 10.4. The first-order valence-electron chi connectivity index (χ1n) is 3.00. The predicted molar refractivity (Wildman–Crippen MR) is 52.3 cm³/mol. The van der Waals surface area contributed by atoms with Crippen LogP contribution in [0.1, 0.15) is 6.92 Å². The molecular weight excluding hydrogens is 180 g/mol. The third kappa shape index (κ3) is 1.94. The number of nitrogens with zero attached hydrogens (tertiary/aromatic N) is 2. The van der Waals surface area contributed by atoms with Crippen LogP contribution in [0.2, 0.25) is 0 Å². The zero-order chi connectivity index (χ0) is 8.27. The Morgan fingerprint density at radius 3 is 3.18 bits per heavy atom. The van der Waals surface area contributed by atoms with Gasteiger partial charge in [0.1, 0.15) is 10.7 Å². The van der Waals surface area contributed by atoms with Crippen LogP contribution in [-0.4, -0.2) is 10.6 Å². The number of rotatable bonds is 1. The molecule has 0 bridgehead atoms. The van der Waals surface area contributed by atoms with Crippen molar-refractivity contribution in [2.45, 2.75) is 6.92 Å². The van der Waals surface area contributed by atoms with Crippen LogP contribution in [0, 0.1) is 0 Å². The Balaban J connectivity index is 2.98. The molecule has 0 N–H and O–H groups in total. The highest BCUT2D eigenvalue weighted by Crippen LogP contribution is 2.24. The fourth-order valence-electron chi connectivity index (χ4n) is 0.651. The van der Waals surface area contributed by atoms with Gasteiger partial charge in [-0.2, -0.15) is 0 Å². The molecule has 11 heavy (non-hydrogen) atoms. The Hall–Kier alpha value is -0.540. The van der Waals surface area contributed by atoms with Crippen molar-refractivity contribution in [3.63, 3.8) is 0 Å². The number of hydrogen-bond donors (Lipinski definition) is 0. The van der Waals surface area contributed by atoms with Crippen LogP contribution in [0.25, 0.3) is 0 Å². The molecule has 1 aliphatic heterocycles. The fraction of sp³-hybridized carbons (Fsp3) is 0.143. The molecule has 0 aliphatic carbocycles. The highest BCUT2D eigenvalue weighted by molar-refractivity contribution is 8.26. The van der Waals surface area contributed by atoms with Gasteiger partial charge in [0.05, 0.1) is 5.55 Å². The standard InChI is InChI=1S/C7H7ClN2S/c1-3-9-7-6(5(2)8)10-4-11-7/h3-4H,1H2,2H3/b6-5-,9-7?. The van der Waals surface area contributed by atoms with E-state index in [-0.39, 0.29) is 0 Å². The van der Waals surface area contributed by atoms with E-state index in [0.717, 1.165) is 10.7 Å². The average molecular weight is 187 g/mol. The summed E-state index contributed by atoms with van der Waals surface area (Å²) in [7, 11) is 0. The molecule has 58 valence electrons. The van der Waals surface area contributed by atoms with Gasteiger partial charge < -0.3 is 0 Å². The third-order valence-corrected chi connectivity index (χ3v) is 2.00. The molecule has 2 nitrogen and oxygen atoms in total. The van der Waals surface area contributed by atoms with Crippen LogP contribution in [0.3, 0.4) is 0 Å². The first-order chi connectivity index (χ1) is 5.25. The quantitative estimate of drug-likeness (QED) is 0.618. The Labute approximate surface area is 74.8 Å². The SMILES string of the molecule is C=CN=C1SC=N/C1=C(/C)Cl. The van der Waals surface area contributed by atoms with Gasteiger partial charge in [0.25, 0.3) is 0 Å². The number of aliphatic imine (C=N–C) groups is 2. The average Bonchev–Trinajstić information content (AvgIpc) is 2.36. The van der Waals surface area contributed by atoms with E-state index in [1.807, 2.05) is 0 Å². The van der Waals surface area contributed by atoms with Crippen molar-refractivity contribution in [3.05, 3.63) is 23.5 Å². The summed E-state index contributed by atoms with van der Waals surface area (Å²) in [5.41, 5.74) is 2.46. The molecule has 0 atom stereocenters. The van der Waals surface area contributed by atoms with Crippen molar-refractivity contribution in [3.8, 4) is 0 Å². The van der Waals surface area contributed by atoms with Gasteiger partial charge in [0, 0.05) is 11.2 Å². The van der Waals surface area contributed by atoms with E-state index < -0.39 is 0 Å². The maximum Gasteiger partial charge on any atom is 0.128 e. The van der Waals surface area contributed by atoms with Crippen molar-refractivity contribution in [1.29, 1.82) is 0 Å². The van der Waals surface area contributed by atoms with Crippen LogP contribution in [0.15, 0.2) is 33.5 Å². The van der Waals surface area contributed by atoms with Crippen molar-refractivity contribution in [1.82, 2.24) is 0 Å². The molecule has 0 aromatic carbocycles. The van der Waals surface area contributed by atoms with E-state index in [2.05, 4.69) is 16.6 Å². The zero-order valence-electron chi connectivity index (χ0n) is 6.04. The Kier molecular flexibility index (Phi) is 2.91. The summed E-state index contributed by atoms with van der Waals surface area (Å²) in [4.78, 5) is 8.04. The molecule has 1 heterocycles. The molecule has 0 aromatic rings. The van der Waals surface area contributed by atoms with E-state index >= 15 is 0 Å². The first kappa shape index (κ1) is 8.56. The normalized spacial score (nSPS) is 24.4. The molecule has 0 radical (unpaired) electrons. The van der Waals surface area contributed by atoms with E-state index in [9.17, 15) is 0 Å². The van der Waals surface area contributed by atoms with Crippen LogP contribution in [0.4, 0.5) is 0 Å². The summed E-state index contributed by atoms with van der Waals surface area (Å²) in [5.74, 6) is 0. The van der Waals surface area contributed by atoms with Gasteiger partial charge in [0.15, 0.2) is 0 Å². The summed E-state index contributed by atoms with van der Waals surface area (Å²) in [6.07, 6.45) is 1.48. The molecule has 0 fully saturated rings.